The van der Waals surface area contributed by atoms with Gasteiger partial charge in [0.1, 0.15) is 11.9 Å². The number of nitrogens with zero attached hydrogens (tertiary/aromatic N) is 3. The molecule has 0 bridgehead atoms. The zero-order valence-corrected chi connectivity index (χ0v) is 19.7. The fourth-order valence-electron chi connectivity index (χ4n) is 4.77. The molecule has 9 heteroatoms. The van der Waals surface area contributed by atoms with E-state index in [-0.39, 0.29) is 29.7 Å². The van der Waals surface area contributed by atoms with Gasteiger partial charge in [-0.05, 0) is 30.7 Å². The molecular weight excluding hydrogens is 446 g/mol. The third-order valence-electron chi connectivity index (χ3n) is 6.69. The molecule has 33 heavy (non-hydrogen) atoms. The minimum Gasteiger partial charge on any atom is -0.490 e. The summed E-state index contributed by atoms with van der Waals surface area (Å²) in [5.41, 5.74) is 0. The molecule has 0 unspecified atom stereocenters. The summed E-state index contributed by atoms with van der Waals surface area (Å²) >= 11 is 5.99. The van der Waals surface area contributed by atoms with Crippen LogP contribution >= 0.6 is 11.6 Å². The maximum absolute atomic E-state index is 13.0. The van der Waals surface area contributed by atoms with Crippen LogP contribution in [0.25, 0.3) is 0 Å². The Hall–Kier alpha value is -2.32. The van der Waals surface area contributed by atoms with Crippen molar-refractivity contribution < 1.29 is 23.9 Å². The van der Waals surface area contributed by atoms with Gasteiger partial charge in [0, 0.05) is 75.9 Å². The van der Waals surface area contributed by atoms with E-state index in [1.165, 1.54) is 0 Å². The van der Waals surface area contributed by atoms with Crippen LogP contribution in [0.5, 0.6) is 5.75 Å². The Morgan fingerprint density at radius 1 is 1.03 bits per heavy atom. The van der Waals surface area contributed by atoms with Crippen molar-refractivity contribution in [2.75, 3.05) is 52.5 Å². The molecule has 0 aromatic heterocycles. The van der Waals surface area contributed by atoms with E-state index in [0.717, 1.165) is 13.0 Å². The van der Waals surface area contributed by atoms with Crippen molar-refractivity contribution in [3.63, 3.8) is 0 Å². The highest BCUT2D eigenvalue weighted by Crippen LogP contribution is 2.28. The van der Waals surface area contributed by atoms with Crippen LogP contribution in [-0.2, 0) is 19.1 Å². The van der Waals surface area contributed by atoms with Crippen molar-refractivity contribution >= 4 is 29.3 Å². The van der Waals surface area contributed by atoms with E-state index in [1.54, 1.807) is 17.0 Å². The predicted molar refractivity (Wildman–Crippen MR) is 123 cm³/mol. The number of halogens is 1. The van der Waals surface area contributed by atoms with Crippen LogP contribution in [0.1, 0.15) is 32.1 Å². The van der Waals surface area contributed by atoms with Gasteiger partial charge in [-0.2, -0.15) is 0 Å². The van der Waals surface area contributed by atoms with Gasteiger partial charge in [0.15, 0.2) is 0 Å². The lowest BCUT2D eigenvalue weighted by atomic mass is 9.90. The zero-order valence-electron chi connectivity index (χ0n) is 18.9. The predicted octanol–water partition coefficient (Wildman–Crippen LogP) is 2.20. The van der Waals surface area contributed by atoms with Gasteiger partial charge in [0.25, 0.3) is 0 Å². The van der Waals surface area contributed by atoms with Gasteiger partial charge in [-0.1, -0.05) is 11.6 Å². The summed E-state index contributed by atoms with van der Waals surface area (Å²) in [5.74, 6) is 0.836. The van der Waals surface area contributed by atoms with Crippen LogP contribution in [0.4, 0.5) is 0 Å². The van der Waals surface area contributed by atoms with E-state index in [9.17, 15) is 14.4 Å². The van der Waals surface area contributed by atoms with Crippen LogP contribution < -0.4 is 4.74 Å². The third kappa shape index (κ3) is 6.38. The molecule has 0 spiro atoms. The van der Waals surface area contributed by atoms with E-state index in [0.29, 0.717) is 82.4 Å². The average molecular weight is 478 g/mol. The fourth-order valence-corrected chi connectivity index (χ4v) is 4.90. The third-order valence-corrected chi connectivity index (χ3v) is 6.94. The minimum atomic E-state index is -0.166. The molecule has 3 fully saturated rings. The van der Waals surface area contributed by atoms with Gasteiger partial charge >= 0.3 is 0 Å². The van der Waals surface area contributed by atoms with Crippen LogP contribution in [0.2, 0.25) is 5.02 Å². The highest BCUT2D eigenvalue weighted by atomic mass is 35.5. The zero-order chi connectivity index (χ0) is 23.2. The largest absolute Gasteiger partial charge is 0.490 e. The highest BCUT2D eigenvalue weighted by Gasteiger charge is 2.35. The molecule has 0 saturated carbocycles. The average Bonchev–Trinajstić information content (AvgIpc) is 3.25. The monoisotopic (exact) mass is 477 g/mol. The molecule has 0 radical (unpaired) electrons. The van der Waals surface area contributed by atoms with Crippen molar-refractivity contribution in [2.24, 2.45) is 5.92 Å². The summed E-state index contributed by atoms with van der Waals surface area (Å²) in [7, 11) is 0. The Kier molecular flexibility index (Phi) is 8.09. The van der Waals surface area contributed by atoms with Crippen LogP contribution in [-0.4, -0.2) is 91.0 Å². The molecule has 8 nitrogen and oxygen atoms in total. The number of benzene rings is 1. The number of likely N-dealkylation sites (tertiary alicyclic amines) is 2. The minimum absolute atomic E-state index is 0.0310. The first-order valence-corrected chi connectivity index (χ1v) is 12.2. The summed E-state index contributed by atoms with van der Waals surface area (Å²) in [6.07, 6.45) is 2.57. The first kappa shape index (κ1) is 23.8. The lowest BCUT2D eigenvalue weighted by Crippen LogP contribution is -2.50. The van der Waals surface area contributed by atoms with Gasteiger partial charge in [0.2, 0.25) is 17.7 Å². The highest BCUT2D eigenvalue weighted by molar-refractivity contribution is 6.30. The smallest absolute Gasteiger partial charge is 0.224 e. The van der Waals surface area contributed by atoms with Crippen molar-refractivity contribution in [2.45, 2.75) is 38.2 Å². The molecule has 0 aliphatic carbocycles. The first-order chi connectivity index (χ1) is 16.0. The number of morpholine rings is 1. The van der Waals surface area contributed by atoms with E-state index in [4.69, 9.17) is 21.1 Å². The molecule has 180 valence electrons. The molecule has 3 aliphatic rings. The quantitative estimate of drug-likeness (QED) is 0.601. The van der Waals surface area contributed by atoms with Gasteiger partial charge < -0.3 is 24.2 Å². The number of hydrogen-bond donors (Lipinski definition) is 0. The maximum atomic E-state index is 13.0. The van der Waals surface area contributed by atoms with Crippen LogP contribution in [0.15, 0.2) is 24.3 Å². The van der Waals surface area contributed by atoms with E-state index >= 15 is 0 Å². The lowest BCUT2D eigenvalue weighted by Gasteiger charge is -2.39. The molecule has 1 aromatic rings. The second kappa shape index (κ2) is 11.2. The fraction of sp³-hybridized carbons (Fsp3) is 0.625. The molecule has 1 aromatic carbocycles. The second-order valence-electron chi connectivity index (χ2n) is 8.93. The molecule has 3 aliphatic heterocycles. The number of piperidine rings is 1. The van der Waals surface area contributed by atoms with Crippen molar-refractivity contribution in [3.8, 4) is 5.75 Å². The SMILES string of the molecule is O=C1CCCN1CCC(=O)N1CC[C@H](Oc2ccc(Cl)cc2)[C@@H](CC(=O)N2CCOCC2)C1. The Labute approximate surface area is 199 Å². The Bertz CT molecular complexity index is 843. The Balaban J connectivity index is 1.39. The standard InChI is InChI=1S/C24H32ClN3O5/c25-19-3-5-20(6-4-19)33-21-7-10-28(23(30)8-11-26-9-1-2-22(26)29)17-18(21)16-24(31)27-12-14-32-15-13-27/h3-6,18,21H,1-2,7-17H2/t18-,21-/m0/s1. The molecule has 3 saturated heterocycles. The molecular formula is C24H32ClN3O5. The topological polar surface area (TPSA) is 79.4 Å². The normalized spacial score (nSPS) is 23.7. The second-order valence-corrected chi connectivity index (χ2v) is 9.37. The van der Waals surface area contributed by atoms with Crippen molar-refractivity contribution in [3.05, 3.63) is 29.3 Å². The number of carbonyl (C=O) groups excluding carboxylic acids is 3. The summed E-state index contributed by atoms with van der Waals surface area (Å²) in [6.45, 7) is 4.56. The lowest BCUT2D eigenvalue weighted by molar-refractivity contribution is -0.141. The molecule has 3 amide bonds. The van der Waals surface area contributed by atoms with Crippen LogP contribution in [0, 0.1) is 5.92 Å². The molecule has 0 N–H and O–H groups in total. The van der Waals surface area contributed by atoms with Gasteiger partial charge in [0.05, 0.1) is 13.2 Å². The van der Waals surface area contributed by atoms with Crippen LogP contribution in [0.3, 0.4) is 0 Å². The summed E-state index contributed by atoms with van der Waals surface area (Å²) < 4.78 is 11.6. The van der Waals surface area contributed by atoms with E-state index < -0.39 is 0 Å². The van der Waals surface area contributed by atoms with Gasteiger partial charge in [-0.15, -0.1) is 0 Å². The number of hydrogen-bond acceptors (Lipinski definition) is 5. The number of carbonyl (C=O) groups is 3. The molecule has 2 atom stereocenters. The number of ether oxygens (including phenoxy) is 2. The van der Waals surface area contributed by atoms with Crippen molar-refractivity contribution in [1.82, 2.24) is 14.7 Å². The number of amides is 3. The summed E-state index contributed by atoms with van der Waals surface area (Å²) in [6, 6.07) is 7.22. The van der Waals surface area contributed by atoms with E-state index in [1.807, 2.05) is 21.9 Å². The maximum Gasteiger partial charge on any atom is 0.224 e. The summed E-state index contributed by atoms with van der Waals surface area (Å²) in [4.78, 5) is 43.2. The van der Waals surface area contributed by atoms with E-state index in [2.05, 4.69) is 0 Å². The Morgan fingerprint density at radius 3 is 2.48 bits per heavy atom. The number of rotatable bonds is 7. The Morgan fingerprint density at radius 2 is 1.79 bits per heavy atom. The molecule has 4 rings (SSSR count). The summed E-state index contributed by atoms with van der Waals surface area (Å²) in [5, 5.41) is 0.637. The van der Waals surface area contributed by atoms with Gasteiger partial charge in [-0.25, -0.2) is 0 Å². The molecule has 3 heterocycles. The first-order valence-electron chi connectivity index (χ1n) is 11.8. The van der Waals surface area contributed by atoms with Crippen molar-refractivity contribution in [1.29, 1.82) is 0 Å². The van der Waals surface area contributed by atoms with Gasteiger partial charge in [-0.3, -0.25) is 14.4 Å².